The average Bonchev–Trinajstić information content (AvgIpc) is 0.924. The number of allylic oxidation sites excluding steroid dienone is 12. The zero-order valence-corrected chi connectivity index (χ0v) is 66.8. The van der Waals surface area contributed by atoms with Crippen molar-refractivity contribution in [1.82, 2.24) is 0 Å². The minimum Gasteiger partial charge on any atom is -0.462 e. The molecule has 0 aromatic carbocycles. The van der Waals surface area contributed by atoms with Crippen molar-refractivity contribution < 1.29 is 80.2 Å². The summed E-state index contributed by atoms with van der Waals surface area (Å²) in [6, 6.07) is 0. The summed E-state index contributed by atoms with van der Waals surface area (Å²) in [5.41, 5.74) is 0. The number of phosphoric acid groups is 2. The van der Waals surface area contributed by atoms with Gasteiger partial charge in [-0.3, -0.25) is 37.3 Å². The number of carbonyl (C=O) groups is 4. The van der Waals surface area contributed by atoms with Crippen molar-refractivity contribution in [2.75, 3.05) is 39.6 Å². The minimum absolute atomic E-state index is 0.0783. The Morgan fingerprint density at radius 1 is 0.275 bits per heavy atom. The SMILES string of the molecule is CCCCC/C=C\C/C=C\C/C=C\CCCCCCCCC(=O)OCC(COP(=O)(O)OCC(O)COP(=O)(O)OCC(COC(=O)CCCCCCC/C=C\CCCCCCCC)OC(=O)CCCCCCCCCCCCCCC)OC(=O)CCCCCCC/C=C\C/C=C\CCCCC. The van der Waals surface area contributed by atoms with Crippen LogP contribution in [0.25, 0.3) is 0 Å². The first kappa shape index (κ1) is 98.5. The molecule has 0 bridgehead atoms. The van der Waals surface area contributed by atoms with Crippen molar-refractivity contribution in [3.05, 3.63) is 72.9 Å². The van der Waals surface area contributed by atoms with Crippen LogP contribution < -0.4 is 0 Å². The van der Waals surface area contributed by atoms with E-state index in [4.69, 9.17) is 37.0 Å². The lowest BCUT2D eigenvalue weighted by molar-refractivity contribution is -0.161. The van der Waals surface area contributed by atoms with E-state index in [0.29, 0.717) is 25.7 Å². The maximum absolute atomic E-state index is 13.1. The third-order valence-electron chi connectivity index (χ3n) is 17.6. The van der Waals surface area contributed by atoms with Gasteiger partial charge in [0.2, 0.25) is 0 Å². The Balaban J connectivity index is 5.34. The van der Waals surface area contributed by atoms with Gasteiger partial charge in [-0.1, -0.05) is 300 Å². The molecule has 0 saturated carbocycles. The molecule has 17 nitrogen and oxygen atoms in total. The smallest absolute Gasteiger partial charge is 0.462 e. The molecule has 0 aliphatic carbocycles. The van der Waals surface area contributed by atoms with Crippen LogP contribution in [-0.2, 0) is 65.4 Å². The van der Waals surface area contributed by atoms with Gasteiger partial charge in [0, 0.05) is 25.7 Å². The summed E-state index contributed by atoms with van der Waals surface area (Å²) < 4.78 is 68.7. The van der Waals surface area contributed by atoms with Gasteiger partial charge in [0.25, 0.3) is 0 Å². The van der Waals surface area contributed by atoms with Crippen molar-refractivity contribution in [2.24, 2.45) is 0 Å². The summed E-state index contributed by atoms with van der Waals surface area (Å²) in [6.07, 6.45) is 77.2. The maximum Gasteiger partial charge on any atom is 0.472 e. The Morgan fingerprint density at radius 2 is 0.480 bits per heavy atom. The number of rotatable bonds is 78. The normalized spacial score (nSPS) is 14.2. The van der Waals surface area contributed by atoms with Crippen LogP contribution in [0.4, 0.5) is 0 Å². The lowest BCUT2D eigenvalue weighted by Gasteiger charge is -2.21. The van der Waals surface area contributed by atoms with E-state index in [1.165, 1.54) is 128 Å². The standard InChI is InChI=1S/C83H150O17P2/c1-5-9-13-17-21-25-29-33-36-37-38-39-42-45-48-52-56-60-64-68-81(86)94-74-79(100-83(88)70-66-62-58-54-50-46-41-35-31-27-23-19-15-11-7-3)76-98-102(91,92)96-72-77(84)71-95-101(89,90)97-75-78(99-82(87)69-65-61-57-53-49-43-32-28-24-20-16-12-8-4)73-93-80(85)67-63-59-55-51-47-44-40-34-30-26-22-18-14-10-6-2/h21,23,25,27,33-36,38-41,77-79,84H,5-20,22,24,26,28-32,37,42-76H2,1-4H3,(H,89,90)(H,91,92)/b25-21-,27-23-,36-33-,39-38-,40-34-,41-35-. The first-order valence-electron chi connectivity index (χ1n) is 41.2. The Hall–Kier alpha value is -3.50. The number of ether oxygens (including phenoxy) is 4. The summed E-state index contributed by atoms with van der Waals surface area (Å²) >= 11 is 0. The fourth-order valence-electron chi connectivity index (χ4n) is 11.3. The van der Waals surface area contributed by atoms with Crippen LogP contribution in [0.1, 0.15) is 374 Å². The first-order chi connectivity index (χ1) is 49.7. The fourth-order valence-corrected chi connectivity index (χ4v) is 12.9. The zero-order chi connectivity index (χ0) is 74.6. The molecular weight excluding hydrogens is 1330 g/mol. The van der Waals surface area contributed by atoms with Crippen molar-refractivity contribution in [3.8, 4) is 0 Å². The van der Waals surface area contributed by atoms with Crippen LogP contribution in [0.2, 0.25) is 0 Å². The molecule has 0 rings (SSSR count). The van der Waals surface area contributed by atoms with Gasteiger partial charge in [-0.2, -0.15) is 0 Å². The van der Waals surface area contributed by atoms with E-state index in [-0.39, 0.29) is 25.7 Å². The third kappa shape index (κ3) is 74.8. The van der Waals surface area contributed by atoms with E-state index in [2.05, 4.69) is 101 Å². The number of aliphatic hydroxyl groups is 1. The van der Waals surface area contributed by atoms with Crippen LogP contribution >= 0.6 is 15.6 Å². The average molecular weight is 1480 g/mol. The predicted octanol–water partition coefficient (Wildman–Crippen LogP) is 24.0. The Bertz CT molecular complexity index is 2210. The van der Waals surface area contributed by atoms with Crippen molar-refractivity contribution in [2.45, 2.75) is 393 Å². The van der Waals surface area contributed by atoms with Gasteiger partial charge in [-0.25, -0.2) is 9.13 Å². The van der Waals surface area contributed by atoms with Gasteiger partial charge in [-0.15, -0.1) is 0 Å². The highest BCUT2D eigenvalue weighted by atomic mass is 31.2. The van der Waals surface area contributed by atoms with Crippen LogP contribution in [0.15, 0.2) is 72.9 Å². The zero-order valence-electron chi connectivity index (χ0n) is 65.0. The largest absolute Gasteiger partial charge is 0.472 e. The maximum atomic E-state index is 13.1. The Kier molecular flexibility index (Phi) is 73.1. The van der Waals surface area contributed by atoms with Gasteiger partial charge in [0.15, 0.2) is 12.2 Å². The van der Waals surface area contributed by atoms with Crippen molar-refractivity contribution >= 4 is 39.5 Å². The van der Waals surface area contributed by atoms with Crippen LogP contribution in [0.5, 0.6) is 0 Å². The summed E-state index contributed by atoms with van der Waals surface area (Å²) in [4.78, 5) is 73.0. The molecular formula is C83H150O17P2. The molecule has 0 aromatic heterocycles. The van der Waals surface area contributed by atoms with Gasteiger partial charge < -0.3 is 33.8 Å². The van der Waals surface area contributed by atoms with Gasteiger partial charge in [0.1, 0.15) is 19.3 Å². The van der Waals surface area contributed by atoms with E-state index in [1.54, 1.807) is 0 Å². The molecule has 5 unspecified atom stereocenters. The Morgan fingerprint density at radius 3 is 0.765 bits per heavy atom. The molecule has 0 aromatic rings. The molecule has 0 spiro atoms. The minimum atomic E-state index is -4.98. The molecule has 5 atom stereocenters. The molecule has 0 saturated heterocycles. The number of phosphoric ester groups is 2. The van der Waals surface area contributed by atoms with E-state index in [9.17, 15) is 43.2 Å². The molecule has 0 amide bonds. The number of hydrogen-bond acceptors (Lipinski definition) is 15. The van der Waals surface area contributed by atoms with E-state index >= 15 is 0 Å². The van der Waals surface area contributed by atoms with Gasteiger partial charge >= 0.3 is 39.5 Å². The third-order valence-corrected chi connectivity index (χ3v) is 19.5. The quantitative estimate of drug-likeness (QED) is 0.0169. The van der Waals surface area contributed by atoms with Crippen molar-refractivity contribution in [1.29, 1.82) is 0 Å². The molecule has 0 aliphatic heterocycles. The summed E-state index contributed by atoms with van der Waals surface area (Å²) in [7, 11) is -9.95. The number of carbonyl (C=O) groups excluding carboxylic acids is 4. The van der Waals surface area contributed by atoms with Crippen molar-refractivity contribution in [3.63, 3.8) is 0 Å². The monoisotopic (exact) mass is 1480 g/mol. The second-order valence-electron chi connectivity index (χ2n) is 27.7. The number of aliphatic hydroxyl groups excluding tert-OH is 1. The number of unbranched alkanes of at least 4 members (excludes halogenated alkanes) is 40. The molecule has 0 radical (unpaired) electrons. The van der Waals surface area contributed by atoms with E-state index in [1.807, 2.05) is 0 Å². The lowest BCUT2D eigenvalue weighted by atomic mass is 10.0. The molecule has 0 aliphatic rings. The summed E-state index contributed by atoms with van der Waals surface area (Å²) in [5.74, 6) is -2.18. The fraction of sp³-hybridized carbons (Fsp3) is 0.807. The highest BCUT2D eigenvalue weighted by Gasteiger charge is 2.30. The Labute approximate surface area is 622 Å². The molecule has 594 valence electrons. The number of hydrogen-bond donors (Lipinski definition) is 3. The molecule has 19 heteroatoms. The lowest BCUT2D eigenvalue weighted by Crippen LogP contribution is -2.30. The van der Waals surface area contributed by atoms with Gasteiger partial charge in [0.05, 0.1) is 26.4 Å². The molecule has 0 fully saturated rings. The van der Waals surface area contributed by atoms with Crippen LogP contribution in [-0.4, -0.2) is 96.7 Å². The second-order valence-corrected chi connectivity index (χ2v) is 30.6. The highest BCUT2D eigenvalue weighted by molar-refractivity contribution is 7.47. The molecule has 3 N–H and O–H groups in total. The summed E-state index contributed by atoms with van der Waals surface area (Å²) in [5, 5.41) is 10.6. The molecule has 0 heterocycles. The number of esters is 4. The van der Waals surface area contributed by atoms with Crippen LogP contribution in [0.3, 0.4) is 0 Å². The molecule has 102 heavy (non-hydrogen) atoms. The van der Waals surface area contributed by atoms with Gasteiger partial charge in [-0.05, 0) is 122 Å². The first-order valence-corrected chi connectivity index (χ1v) is 44.2. The predicted molar refractivity (Wildman–Crippen MR) is 418 cm³/mol. The summed E-state index contributed by atoms with van der Waals surface area (Å²) in [6.45, 7) is 4.85. The van der Waals surface area contributed by atoms with Crippen LogP contribution in [0, 0.1) is 0 Å². The second kappa shape index (κ2) is 75.7. The van der Waals surface area contributed by atoms with E-state index in [0.717, 1.165) is 167 Å². The van der Waals surface area contributed by atoms with E-state index < -0.39 is 97.5 Å². The topological polar surface area (TPSA) is 237 Å². The highest BCUT2D eigenvalue weighted by Crippen LogP contribution is 2.45.